The number of hydrogen-bond acceptors (Lipinski definition) is 6. The predicted octanol–water partition coefficient (Wildman–Crippen LogP) is 4.75. The van der Waals surface area contributed by atoms with Crippen LogP contribution < -0.4 is 15.0 Å². The second-order valence-electron chi connectivity index (χ2n) is 7.45. The number of Topliss-reactive ketones (excluding diaryl/α,β-unsaturated/α-hetero) is 1. The van der Waals surface area contributed by atoms with Gasteiger partial charge in [0.15, 0.2) is 10.9 Å². The number of carbonyl (C=O) groups is 2. The van der Waals surface area contributed by atoms with Gasteiger partial charge in [0.25, 0.3) is 0 Å². The maximum absolute atomic E-state index is 12.7. The summed E-state index contributed by atoms with van der Waals surface area (Å²) in [5, 5.41) is 3.96. The molecule has 1 fully saturated rings. The van der Waals surface area contributed by atoms with Crippen molar-refractivity contribution in [1.82, 2.24) is 4.98 Å². The molecule has 1 aliphatic heterocycles. The van der Waals surface area contributed by atoms with E-state index in [1.807, 2.05) is 31.2 Å². The molecule has 2 aromatic carbocycles. The maximum Gasteiger partial charge on any atom is 0.227 e. The van der Waals surface area contributed by atoms with Gasteiger partial charge in [0.2, 0.25) is 5.91 Å². The van der Waals surface area contributed by atoms with Gasteiger partial charge in [-0.15, -0.1) is 0 Å². The van der Waals surface area contributed by atoms with Crippen LogP contribution in [0.4, 0.5) is 10.8 Å². The molecule has 0 radical (unpaired) electrons. The van der Waals surface area contributed by atoms with Crippen LogP contribution in [0.5, 0.6) is 5.75 Å². The lowest BCUT2D eigenvalue weighted by atomic mass is 9.96. The lowest BCUT2D eigenvalue weighted by molar-refractivity contribution is -0.120. The fraction of sp³-hybridized carbons (Fsp3) is 0.348. The Labute approximate surface area is 179 Å². The largest absolute Gasteiger partial charge is 0.494 e. The molecule has 2 heterocycles. The van der Waals surface area contributed by atoms with Crippen LogP contribution in [0.25, 0.3) is 10.2 Å². The molecule has 7 heteroatoms. The van der Waals surface area contributed by atoms with Crippen molar-refractivity contribution in [2.24, 2.45) is 5.92 Å². The Bertz CT molecular complexity index is 1070. The highest BCUT2D eigenvalue weighted by molar-refractivity contribution is 7.22. The molecule has 1 saturated heterocycles. The number of piperidine rings is 1. The SMILES string of the molecule is CCOc1ccc2nc(N3CCC(C(=O)Nc4cccc(C(C)=O)c4)CC3)sc2c1. The molecule has 1 aliphatic rings. The quantitative estimate of drug-likeness (QED) is 0.579. The van der Waals surface area contributed by atoms with Gasteiger partial charge >= 0.3 is 0 Å². The summed E-state index contributed by atoms with van der Waals surface area (Å²) in [6, 6.07) is 13.1. The standard InChI is InChI=1S/C23H25N3O3S/c1-3-29-19-7-8-20-21(14-19)30-23(25-20)26-11-9-16(10-12-26)22(28)24-18-6-4-5-17(13-18)15(2)27/h4-8,13-14,16H,3,9-12H2,1-2H3,(H,24,28). The first-order chi connectivity index (χ1) is 14.5. The highest BCUT2D eigenvalue weighted by atomic mass is 32.1. The number of ketones is 1. The molecule has 0 saturated carbocycles. The van der Waals surface area contributed by atoms with Crippen LogP contribution in [-0.2, 0) is 4.79 Å². The van der Waals surface area contributed by atoms with Crippen molar-refractivity contribution in [1.29, 1.82) is 0 Å². The van der Waals surface area contributed by atoms with Crippen molar-refractivity contribution in [3.8, 4) is 5.75 Å². The number of hydrogen-bond donors (Lipinski definition) is 1. The molecule has 156 valence electrons. The number of nitrogens with zero attached hydrogens (tertiary/aromatic N) is 2. The van der Waals surface area contributed by atoms with E-state index in [0.717, 1.165) is 47.0 Å². The minimum Gasteiger partial charge on any atom is -0.494 e. The zero-order valence-corrected chi connectivity index (χ0v) is 18.0. The molecular formula is C23H25N3O3S. The molecule has 0 spiro atoms. The molecular weight excluding hydrogens is 398 g/mol. The first kappa shape index (κ1) is 20.3. The second kappa shape index (κ2) is 8.83. The predicted molar refractivity (Wildman–Crippen MR) is 121 cm³/mol. The average molecular weight is 424 g/mol. The summed E-state index contributed by atoms with van der Waals surface area (Å²) in [5.41, 5.74) is 2.25. The summed E-state index contributed by atoms with van der Waals surface area (Å²) in [7, 11) is 0. The Kier molecular flexibility index (Phi) is 5.99. The van der Waals surface area contributed by atoms with E-state index < -0.39 is 0 Å². The second-order valence-corrected chi connectivity index (χ2v) is 8.46. The Hall–Kier alpha value is -2.93. The van der Waals surface area contributed by atoms with Gasteiger partial charge in [0.05, 0.1) is 16.8 Å². The number of anilines is 2. The van der Waals surface area contributed by atoms with Crippen LogP contribution in [0.15, 0.2) is 42.5 Å². The van der Waals surface area contributed by atoms with Gasteiger partial charge in [-0.1, -0.05) is 23.5 Å². The first-order valence-corrected chi connectivity index (χ1v) is 11.1. The van der Waals surface area contributed by atoms with Crippen molar-refractivity contribution in [3.05, 3.63) is 48.0 Å². The third-order valence-electron chi connectivity index (χ3n) is 5.33. The molecule has 3 aromatic rings. The molecule has 0 bridgehead atoms. The maximum atomic E-state index is 12.7. The Balaban J connectivity index is 1.37. The van der Waals surface area contributed by atoms with E-state index in [2.05, 4.69) is 10.2 Å². The number of ether oxygens (including phenoxy) is 1. The summed E-state index contributed by atoms with van der Waals surface area (Å²) in [5.74, 6) is 0.829. The number of aromatic nitrogens is 1. The fourth-order valence-electron chi connectivity index (χ4n) is 3.68. The topological polar surface area (TPSA) is 71.5 Å². The van der Waals surface area contributed by atoms with Gasteiger partial charge in [-0.05, 0) is 57.0 Å². The minimum absolute atomic E-state index is 0.0105. The molecule has 4 rings (SSSR count). The van der Waals surface area contributed by atoms with Gasteiger partial charge in [-0.3, -0.25) is 9.59 Å². The lowest BCUT2D eigenvalue weighted by Gasteiger charge is -2.31. The number of thiazole rings is 1. The highest BCUT2D eigenvalue weighted by Crippen LogP contribution is 2.33. The zero-order valence-electron chi connectivity index (χ0n) is 17.2. The van der Waals surface area contributed by atoms with E-state index >= 15 is 0 Å². The first-order valence-electron chi connectivity index (χ1n) is 10.2. The van der Waals surface area contributed by atoms with E-state index in [1.165, 1.54) is 6.92 Å². The van der Waals surface area contributed by atoms with Crippen molar-refractivity contribution >= 4 is 44.1 Å². The zero-order chi connectivity index (χ0) is 21.1. The van der Waals surface area contributed by atoms with Gasteiger partial charge in [0, 0.05) is 30.3 Å². The number of carbonyl (C=O) groups excluding carboxylic acids is 2. The van der Waals surface area contributed by atoms with Crippen molar-refractivity contribution in [2.75, 3.05) is 29.9 Å². The van der Waals surface area contributed by atoms with Crippen LogP contribution in [0.1, 0.15) is 37.0 Å². The fourth-order valence-corrected chi connectivity index (χ4v) is 4.72. The summed E-state index contributed by atoms with van der Waals surface area (Å²) in [6.07, 6.45) is 1.55. The third kappa shape index (κ3) is 4.46. The molecule has 0 aliphatic carbocycles. The minimum atomic E-state index is -0.0406. The summed E-state index contributed by atoms with van der Waals surface area (Å²) >= 11 is 1.66. The molecule has 1 aromatic heterocycles. The number of amides is 1. The summed E-state index contributed by atoms with van der Waals surface area (Å²) < 4.78 is 6.69. The molecule has 0 unspecified atom stereocenters. The Morgan fingerprint density at radius 3 is 2.73 bits per heavy atom. The molecule has 1 amide bonds. The van der Waals surface area contributed by atoms with E-state index in [9.17, 15) is 9.59 Å². The van der Waals surface area contributed by atoms with Crippen LogP contribution >= 0.6 is 11.3 Å². The van der Waals surface area contributed by atoms with Crippen LogP contribution in [-0.4, -0.2) is 36.4 Å². The number of rotatable bonds is 6. The number of benzene rings is 2. The van der Waals surface area contributed by atoms with Crippen molar-refractivity contribution < 1.29 is 14.3 Å². The van der Waals surface area contributed by atoms with Crippen molar-refractivity contribution in [3.63, 3.8) is 0 Å². The van der Waals surface area contributed by atoms with Crippen LogP contribution in [0.3, 0.4) is 0 Å². The van der Waals surface area contributed by atoms with E-state index in [4.69, 9.17) is 9.72 Å². The smallest absolute Gasteiger partial charge is 0.227 e. The highest BCUT2D eigenvalue weighted by Gasteiger charge is 2.26. The van der Waals surface area contributed by atoms with Crippen LogP contribution in [0, 0.1) is 5.92 Å². The molecule has 0 atom stereocenters. The lowest BCUT2D eigenvalue weighted by Crippen LogP contribution is -2.38. The van der Waals surface area contributed by atoms with Crippen molar-refractivity contribution in [2.45, 2.75) is 26.7 Å². The molecule has 30 heavy (non-hydrogen) atoms. The normalized spacial score (nSPS) is 14.7. The number of fused-ring (bicyclic) bond motifs is 1. The van der Waals surface area contributed by atoms with Gasteiger partial charge < -0.3 is 15.0 Å². The van der Waals surface area contributed by atoms with Gasteiger partial charge in [0.1, 0.15) is 5.75 Å². The van der Waals surface area contributed by atoms with E-state index in [1.54, 1.807) is 29.5 Å². The van der Waals surface area contributed by atoms with Gasteiger partial charge in [-0.25, -0.2) is 4.98 Å². The summed E-state index contributed by atoms with van der Waals surface area (Å²) in [6.45, 7) is 5.73. The summed E-state index contributed by atoms with van der Waals surface area (Å²) in [4.78, 5) is 31.2. The van der Waals surface area contributed by atoms with E-state index in [0.29, 0.717) is 17.9 Å². The third-order valence-corrected chi connectivity index (χ3v) is 6.41. The Morgan fingerprint density at radius 2 is 2.00 bits per heavy atom. The van der Waals surface area contributed by atoms with Gasteiger partial charge in [-0.2, -0.15) is 0 Å². The molecule has 1 N–H and O–H groups in total. The van der Waals surface area contributed by atoms with Crippen LogP contribution in [0.2, 0.25) is 0 Å². The monoisotopic (exact) mass is 423 g/mol. The molecule has 6 nitrogen and oxygen atoms in total. The van der Waals surface area contributed by atoms with E-state index in [-0.39, 0.29) is 17.6 Å². The average Bonchev–Trinajstić information content (AvgIpc) is 3.18. The Morgan fingerprint density at radius 1 is 1.20 bits per heavy atom. The number of nitrogens with one attached hydrogen (secondary N) is 1.